The first kappa shape index (κ1) is 6.90. The van der Waals surface area contributed by atoms with Crippen LogP contribution >= 0.6 is 0 Å². The van der Waals surface area contributed by atoms with E-state index < -0.39 is 0 Å². The first-order valence-electron chi connectivity index (χ1n) is 3.61. The van der Waals surface area contributed by atoms with Gasteiger partial charge < -0.3 is 0 Å². The van der Waals surface area contributed by atoms with Crippen molar-refractivity contribution >= 4 is 0 Å². The molecule has 0 aromatic carbocycles. The van der Waals surface area contributed by atoms with Crippen molar-refractivity contribution in [2.75, 3.05) is 0 Å². The predicted molar refractivity (Wildman–Crippen MR) is 40.0 cm³/mol. The van der Waals surface area contributed by atoms with Gasteiger partial charge >= 0.3 is 5.82 Å². The van der Waals surface area contributed by atoms with Crippen molar-refractivity contribution in [2.45, 2.75) is 6.42 Å². The molecule has 12 heavy (non-hydrogen) atoms. The van der Waals surface area contributed by atoms with Crippen molar-refractivity contribution in [3.63, 3.8) is 0 Å². The molecular formula is C7H8N5+. The lowest BCUT2D eigenvalue weighted by atomic mass is 10.2. The zero-order valence-corrected chi connectivity index (χ0v) is 6.36. The molecule has 60 valence electrons. The maximum absolute atomic E-state index is 3.92. The maximum Gasteiger partial charge on any atom is 0.302 e. The second kappa shape index (κ2) is 3.08. The molecule has 0 aliphatic rings. The summed E-state index contributed by atoms with van der Waals surface area (Å²) in [4.78, 5) is 3.92. The molecule has 0 saturated carbocycles. The molecule has 2 N–H and O–H groups in total. The molecule has 0 spiro atoms. The monoisotopic (exact) mass is 162 g/mol. The Morgan fingerprint density at radius 2 is 2.17 bits per heavy atom. The summed E-state index contributed by atoms with van der Waals surface area (Å²) in [6, 6.07) is 3.89. The SMILES string of the molecule is c1cc(Cc2nn[nH][nH+]2)ccn1. The van der Waals surface area contributed by atoms with E-state index in [1.54, 1.807) is 12.4 Å². The number of hydrogen-bond donors (Lipinski definition) is 1. The van der Waals surface area contributed by atoms with Crippen LogP contribution in [0.25, 0.3) is 0 Å². The van der Waals surface area contributed by atoms with Gasteiger partial charge in [0.2, 0.25) is 0 Å². The zero-order valence-electron chi connectivity index (χ0n) is 6.36. The highest BCUT2D eigenvalue weighted by atomic mass is 15.5. The zero-order chi connectivity index (χ0) is 8.23. The Labute approximate surface area is 68.8 Å². The molecule has 2 rings (SSSR count). The van der Waals surface area contributed by atoms with Crippen molar-refractivity contribution in [2.24, 2.45) is 0 Å². The molecule has 2 aromatic heterocycles. The van der Waals surface area contributed by atoms with Gasteiger partial charge in [-0.25, -0.2) is 0 Å². The molecule has 0 atom stereocenters. The normalized spacial score (nSPS) is 10.0. The van der Waals surface area contributed by atoms with E-state index in [1.807, 2.05) is 12.1 Å². The van der Waals surface area contributed by atoms with Crippen LogP contribution in [0, 0.1) is 0 Å². The van der Waals surface area contributed by atoms with E-state index in [4.69, 9.17) is 0 Å². The number of pyridine rings is 1. The molecule has 0 amide bonds. The fraction of sp³-hybridized carbons (Fsp3) is 0.143. The van der Waals surface area contributed by atoms with E-state index in [-0.39, 0.29) is 0 Å². The standard InChI is InChI=1S/C7H7N5/c1-3-8-4-2-6(1)5-7-9-11-12-10-7/h1-4H,5H2,(H,9,10,11,12)/p+1. The Balaban J connectivity index is 2.15. The molecule has 0 radical (unpaired) electrons. The van der Waals surface area contributed by atoms with E-state index >= 15 is 0 Å². The first-order valence-corrected chi connectivity index (χ1v) is 3.61. The number of hydrogen-bond acceptors (Lipinski definition) is 3. The van der Waals surface area contributed by atoms with Gasteiger partial charge in [0, 0.05) is 12.4 Å². The second-order valence-corrected chi connectivity index (χ2v) is 2.42. The summed E-state index contributed by atoms with van der Waals surface area (Å²) in [5.41, 5.74) is 1.16. The van der Waals surface area contributed by atoms with Crippen LogP contribution in [0.2, 0.25) is 0 Å². The van der Waals surface area contributed by atoms with Crippen molar-refractivity contribution in [3.8, 4) is 0 Å². The number of H-pyrrole nitrogens is 2. The summed E-state index contributed by atoms with van der Waals surface area (Å²) in [7, 11) is 0. The van der Waals surface area contributed by atoms with Crippen LogP contribution in [-0.4, -0.2) is 20.5 Å². The van der Waals surface area contributed by atoms with Crippen molar-refractivity contribution in [3.05, 3.63) is 35.9 Å². The van der Waals surface area contributed by atoms with Crippen LogP contribution in [0.5, 0.6) is 0 Å². The van der Waals surface area contributed by atoms with Crippen LogP contribution < -0.4 is 5.10 Å². The highest BCUT2D eigenvalue weighted by molar-refractivity contribution is 5.12. The number of nitrogens with zero attached hydrogens (tertiary/aromatic N) is 3. The van der Waals surface area contributed by atoms with Crippen LogP contribution in [-0.2, 0) is 6.42 Å². The quantitative estimate of drug-likeness (QED) is 0.653. The fourth-order valence-corrected chi connectivity index (χ4v) is 0.973. The Morgan fingerprint density at radius 3 is 2.83 bits per heavy atom. The largest absolute Gasteiger partial charge is 0.302 e. The Hall–Kier alpha value is -1.78. The summed E-state index contributed by atoms with van der Waals surface area (Å²) in [5, 5.41) is 12.8. The van der Waals surface area contributed by atoms with Crippen molar-refractivity contribution in [1.29, 1.82) is 0 Å². The van der Waals surface area contributed by atoms with Gasteiger partial charge in [0.25, 0.3) is 0 Å². The lowest BCUT2D eigenvalue weighted by Gasteiger charge is -1.90. The van der Waals surface area contributed by atoms with Gasteiger partial charge in [-0.2, -0.15) is 5.10 Å². The molecule has 0 saturated heterocycles. The van der Waals surface area contributed by atoms with Gasteiger partial charge in [-0.1, -0.05) is 5.21 Å². The van der Waals surface area contributed by atoms with Gasteiger partial charge in [0.15, 0.2) is 5.21 Å². The second-order valence-electron chi connectivity index (χ2n) is 2.42. The molecular weight excluding hydrogens is 154 g/mol. The van der Waals surface area contributed by atoms with Crippen LogP contribution in [0.1, 0.15) is 11.4 Å². The van der Waals surface area contributed by atoms with E-state index in [9.17, 15) is 0 Å². The Bertz CT molecular complexity index is 328. The maximum atomic E-state index is 3.92. The number of aromatic amines is 2. The van der Waals surface area contributed by atoms with Gasteiger partial charge in [0.05, 0.1) is 6.42 Å². The molecule has 2 aromatic rings. The first-order chi connectivity index (χ1) is 5.95. The summed E-state index contributed by atoms with van der Waals surface area (Å²) in [6.07, 6.45) is 4.27. The molecule has 5 nitrogen and oxygen atoms in total. The van der Waals surface area contributed by atoms with Crippen LogP contribution in [0.4, 0.5) is 0 Å². The third-order valence-electron chi connectivity index (χ3n) is 1.54. The lowest BCUT2D eigenvalue weighted by molar-refractivity contribution is -0.465. The molecule has 2 heterocycles. The lowest BCUT2D eigenvalue weighted by Crippen LogP contribution is -2.10. The number of rotatable bonds is 2. The summed E-state index contributed by atoms with van der Waals surface area (Å²) in [5.74, 6) is 0.821. The Kier molecular flexibility index (Phi) is 1.77. The van der Waals surface area contributed by atoms with E-state index in [1.165, 1.54) is 0 Å². The Morgan fingerprint density at radius 1 is 1.33 bits per heavy atom. The van der Waals surface area contributed by atoms with Crippen molar-refractivity contribution in [1.82, 2.24) is 20.5 Å². The van der Waals surface area contributed by atoms with Crippen LogP contribution in [0.3, 0.4) is 0 Å². The molecule has 0 aliphatic carbocycles. The summed E-state index contributed by atoms with van der Waals surface area (Å²) in [6.45, 7) is 0. The summed E-state index contributed by atoms with van der Waals surface area (Å²) >= 11 is 0. The van der Waals surface area contributed by atoms with E-state index in [2.05, 4.69) is 25.6 Å². The minimum atomic E-state index is 0.749. The minimum Gasteiger partial charge on any atom is -0.265 e. The topological polar surface area (TPSA) is 68.6 Å². The predicted octanol–water partition coefficient (Wildman–Crippen LogP) is -0.395. The molecule has 0 fully saturated rings. The van der Waals surface area contributed by atoms with Gasteiger partial charge in [-0.3, -0.25) is 4.98 Å². The van der Waals surface area contributed by atoms with E-state index in [0.717, 1.165) is 17.8 Å². The van der Waals surface area contributed by atoms with Gasteiger partial charge in [-0.05, 0) is 17.7 Å². The van der Waals surface area contributed by atoms with Gasteiger partial charge in [-0.15, -0.1) is 0 Å². The van der Waals surface area contributed by atoms with Crippen LogP contribution in [0.15, 0.2) is 24.5 Å². The molecule has 5 heteroatoms. The molecule has 0 bridgehead atoms. The third kappa shape index (κ3) is 1.45. The van der Waals surface area contributed by atoms with Crippen molar-refractivity contribution < 1.29 is 5.10 Å². The average molecular weight is 162 g/mol. The average Bonchev–Trinajstić information content (AvgIpc) is 2.59. The van der Waals surface area contributed by atoms with Gasteiger partial charge in [0.1, 0.15) is 5.10 Å². The number of nitrogens with one attached hydrogen (secondary N) is 2. The summed E-state index contributed by atoms with van der Waals surface area (Å²) < 4.78 is 0. The smallest absolute Gasteiger partial charge is 0.265 e. The highest BCUT2D eigenvalue weighted by Crippen LogP contribution is 1.99. The minimum absolute atomic E-state index is 0.749. The number of aromatic nitrogens is 5. The highest BCUT2D eigenvalue weighted by Gasteiger charge is 2.05. The molecule has 0 aliphatic heterocycles. The number of tetrazole rings is 1. The fourth-order valence-electron chi connectivity index (χ4n) is 0.973. The van der Waals surface area contributed by atoms with E-state index in [0.29, 0.717) is 0 Å². The third-order valence-corrected chi connectivity index (χ3v) is 1.54. The molecule has 0 unspecified atom stereocenters.